The van der Waals surface area contributed by atoms with Crippen LogP contribution in [0.3, 0.4) is 0 Å². The van der Waals surface area contributed by atoms with Gasteiger partial charge < -0.3 is 20.7 Å². The number of aromatic nitrogens is 2. The van der Waals surface area contributed by atoms with E-state index in [1.807, 2.05) is 17.3 Å². The number of hydrogen-bond acceptors (Lipinski definition) is 6. The van der Waals surface area contributed by atoms with Gasteiger partial charge in [0.1, 0.15) is 0 Å². The largest absolute Gasteiger partial charge is 0.383 e. The summed E-state index contributed by atoms with van der Waals surface area (Å²) in [5.74, 6) is 0.331. The second kappa shape index (κ2) is 7.90. The normalized spacial score (nSPS) is 18.7. The molecule has 7 heteroatoms. The molecule has 0 aromatic carbocycles. The van der Waals surface area contributed by atoms with Crippen LogP contribution >= 0.6 is 0 Å². The number of primary amides is 1. The van der Waals surface area contributed by atoms with E-state index >= 15 is 0 Å². The van der Waals surface area contributed by atoms with Crippen LogP contribution in [0.2, 0.25) is 0 Å². The minimum Gasteiger partial charge on any atom is -0.383 e. The van der Waals surface area contributed by atoms with E-state index in [2.05, 4.69) is 15.3 Å². The number of anilines is 1. The average Bonchev–Trinajstić information content (AvgIpc) is 2.52. The van der Waals surface area contributed by atoms with E-state index in [0.29, 0.717) is 25.6 Å². The number of nitrogens with two attached hydrogens (primary N) is 1. The molecule has 1 saturated heterocycles. The van der Waals surface area contributed by atoms with Crippen LogP contribution < -0.4 is 16.0 Å². The predicted molar refractivity (Wildman–Crippen MR) is 79.7 cm³/mol. The molecule has 1 aromatic rings. The predicted octanol–water partition coefficient (Wildman–Crippen LogP) is -0.0857. The lowest BCUT2D eigenvalue weighted by atomic mass is 9.98. The SMILES string of the molecule is COCCNCc1cnc(N2CCCC(C(N)=O)C2)nc1. The van der Waals surface area contributed by atoms with Gasteiger partial charge in [-0.05, 0) is 12.8 Å². The molecule has 1 aliphatic heterocycles. The molecule has 2 heterocycles. The summed E-state index contributed by atoms with van der Waals surface area (Å²) in [5.41, 5.74) is 6.41. The standard InChI is InChI=1S/C14H23N5O2/c1-21-6-4-16-7-11-8-17-14(18-9-11)19-5-2-3-12(10-19)13(15)20/h8-9,12,16H,2-7,10H2,1H3,(H2,15,20). The van der Waals surface area contributed by atoms with Crippen LogP contribution in [0.25, 0.3) is 0 Å². The van der Waals surface area contributed by atoms with Crippen molar-refractivity contribution in [2.24, 2.45) is 11.7 Å². The first-order valence-electron chi connectivity index (χ1n) is 7.25. The molecule has 1 amide bonds. The number of carbonyl (C=O) groups excluding carboxylic acids is 1. The topological polar surface area (TPSA) is 93.4 Å². The number of carbonyl (C=O) groups is 1. The second-order valence-corrected chi connectivity index (χ2v) is 5.25. The molecule has 0 bridgehead atoms. The third-order valence-electron chi connectivity index (χ3n) is 3.61. The number of hydrogen-bond donors (Lipinski definition) is 2. The first kappa shape index (κ1) is 15.7. The Balaban J connectivity index is 1.87. The van der Waals surface area contributed by atoms with Crippen molar-refractivity contribution in [1.29, 1.82) is 0 Å². The number of nitrogens with zero attached hydrogens (tertiary/aromatic N) is 3. The fourth-order valence-corrected chi connectivity index (χ4v) is 2.40. The molecule has 1 atom stereocenters. The number of rotatable bonds is 7. The van der Waals surface area contributed by atoms with Crippen molar-refractivity contribution in [1.82, 2.24) is 15.3 Å². The highest BCUT2D eigenvalue weighted by Crippen LogP contribution is 2.19. The van der Waals surface area contributed by atoms with Crippen molar-refractivity contribution < 1.29 is 9.53 Å². The van der Waals surface area contributed by atoms with Gasteiger partial charge in [-0.25, -0.2) is 9.97 Å². The van der Waals surface area contributed by atoms with Crippen molar-refractivity contribution in [3.63, 3.8) is 0 Å². The zero-order valence-electron chi connectivity index (χ0n) is 12.4. The van der Waals surface area contributed by atoms with Crippen LogP contribution in [-0.4, -0.2) is 49.2 Å². The van der Waals surface area contributed by atoms with Crippen LogP contribution in [0.5, 0.6) is 0 Å². The molecule has 1 fully saturated rings. The molecule has 7 nitrogen and oxygen atoms in total. The average molecular weight is 293 g/mol. The Labute approximate surface area is 124 Å². The summed E-state index contributed by atoms with van der Waals surface area (Å²) in [7, 11) is 1.68. The van der Waals surface area contributed by atoms with Gasteiger partial charge in [0, 0.05) is 51.2 Å². The van der Waals surface area contributed by atoms with Gasteiger partial charge in [0.25, 0.3) is 0 Å². The second-order valence-electron chi connectivity index (χ2n) is 5.25. The van der Waals surface area contributed by atoms with Crippen LogP contribution in [0.4, 0.5) is 5.95 Å². The Bertz CT molecular complexity index is 451. The Kier molecular flexibility index (Phi) is 5.89. The first-order chi connectivity index (χ1) is 10.2. The van der Waals surface area contributed by atoms with Gasteiger partial charge in [-0.15, -0.1) is 0 Å². The maximum absolute atomic E-state index is 11.3. The van der Waals surface area contributed by atoms with Crippen molar-refractivity contribution in [3.05, 3.63) is 18.0 Å². The van der Waals surface area contributed by atoms with Crippen LogP contribution in [0, 0.1) is 5.92 Å². The number of piperidine rings is 1. The lowest BCUT2D eigenvalue weighted by Gasteiger charge is -2.31. The van der Waals surface area contributed by atoms with Gasteiger partial charge >= 0.3 is 0 Å². The van der Waals surface area contributed by atoms with Gasteiger partial charge in [-0.2, -0.15) is 0 Å². The molecular formula is C14H23N5O2. The van der Waals surface area contributed by atoms with Crippen molar-refractivity contribution in [2.75, 3.05) is 38.3 Å². The Morgan fingerprint density at radius 2 is 2.29 bits per heavy atom. The highest BCUT2D eigenvalue weighted by Gasteiger charge is 2.25. The molecule has 21 heavy (non-hydrogen) atoms. The van der Waals surface area contributed by atoms with Crippen molar-refractivity contribution in [2.45, 2.75) is 19.4 Å². The molecule has 1 aliphatic rings. The fourth-order valence-electron chi connectivity index (χ4n) is 2.40. The van der Waals surface area contributed by atoms with Crippen LogP contribution in [-0.2, 0) is 16.1 Å². The maximum atomic E-state index is 11.3. The highest BCUT2D eigenvalue weighted by atomic mass is 16.5. The smallest absolute Gasteiger partial charge is 0.225 e. The number of methoxy groups -OCH3 is 1. The minimum atomic E-state index is -0.237. The third-order valence-corrected chi connectivity index (χ3v) is 3.61. The molecule has 116 valence electrons. The highest BCUT2D eigenvalue weighted by molar-refractivity contribution is 5.77. The maximum Gasteiger partial charge on any atom is 0.225 e. The Hall–Kier alpha value is -1.73. The zero-order valence-corrected chi connectivity index (χ0v) is 12.4. The zero-order chi connectivity index (χ0) is 15.1. The molecule has 1 aromatic heterocycles. The van der Waals surface area contributed by atoms with E-state index in [1.165, 1.54) is 0 Å². The van der Waals surface area contributed by atoms with E-state index in [9.17, 15) is 4.79 Å². The number of nitrogens with one attached hydrogen (secondary N) is 1. The monoisotopic (exact) mass is 293 g/mol. The van der Waals surface area contributed by atoms with Gasteiger partial charge in [-0.3, -0.25) is 4.79 Å². The van der Waals surface area contributed by atoms with Crippen molar-refractivity contribution in [3.8, 4) is 0 Å². The third kappa shape index (κ3) is 4.64. The number of ether oxygens (including phenoxy) is 1. The van der Waals surface area contributed by atoms with Crippen molar-refractivity contribution >= 4 is 11.9 Å². The lowest BCUT2D eigenvalue weighted by Crippen LogP contribution is -2.41. The molecule has 0 saturated carbocycles. The molecule has 0 spiro atoms. The molecule has 3 N–H and O–H groups in total. The molecule has 1 unspecified atom stereocenters. The molecule has 2 rings (SSSR count). The van der Waals surface area contributed by atoms with Crippen LogP contribution in [0.1, 0.15) is 18.4 Å². The lowest BCUT2D eigenvalue weighted by molar-refractivity contribution is -0.122. The summed E-state index contributed by atoms with van der Waals surface area (Å²) in [5, 5.41) is 3.24. The molecule has 0 aliphatic carbocycles. The first-order valence-corrected chi connectivity index (χ1v) is 7.25. The van der Waals surface area contributed by atoms with E-state index in [4.69, 9.17) is 10.5 Å². The van der Waals surface area contributed by atoms with Gasteiger partial charge in [0.2, 0.25) is 11.9 Å². The summed E-state index contributed by atoms with van der Waals surface area (Å²) in [6.07, 6.45) is 5.43. The van der Waals surface area contributed by atoms with E-state index < -0.39 is 0 Å². The van der Waals surface area contributed by atoms with Gasteiger partial charge in [-0.1, -0.05) is 0 Å². The quantitative estimate of drug-likeness (QED) is 0.683. The van der Waals surface area contributed by atoms with Crippen LogP contribution in [0.15, 0.2) is 12.4 Å². The number of amides is 1. The van der Waals surface area contributed by atoms with E-state index in [1.54, 1.807) is 7.11 Å². The summed E-state index contributed by atoms with van der Waals surface area (Å²) in [6.45, 7) is 3.68. The Morgan fingerprint density at radius 3 is 2.95 bits per heavy atom. The summed E-state index contributed by atoms with van der Waals surface area (Å²) < 4.78 is 4.97. The minimum absolute atomic E-state index is 0.0993. The summed E-state index contributed by atoms with van der Waals surface area (Å²) >= 11 is 0. The molecular weight excluding hydrogens is 270 g/mol. The Morgan fingerprint density at radius 1 is 1.52 bits per heavy atom. The van der Waals surface area contributed by atoms with Gasteiger partial charge in [0.05, 0.1) is 12.5 Å². The van der Waals surface area contributed by atoms with Gasteiger partial charge in [0.15, 0.2) is 0 Å². The summed E-state index contributed by atoms with van der Waals surface area (Å²) in [6, 6.07) is 0. The van der Waals surface area contributed by atoms with E-state index in [-0.39, 0.29) is 11.8 Å². The molecule has 0 radical (unpaired) electrons. The fraction of sp³-hybridized carbons (Fsp3) is 0.643. The van der Waals surface area contributed by atoms with E-state index in [0.717, 1.165) is 31.5 Å². The summed E-state index contributed by atoms with van der Waals surface area (Å²) in [4.78, 5) is 22.1.